The summed E-state index contributed by atoms with van der Waals surface area (Å²) in [6, 6.07) is 1.94. The maximum Gasteiger partial charge on any atom is 0.236 e. The average Bonchev–Trinajstić information content (AvgIpc) is 1.96. The van der Waals surface area contributed by atoms with Crippen LogP contribution in [0.3, 0.4) is 0 Å². The van der Waals surface area contributed by atoms with Crippen molar-refractivity contribution in [3.63, 3.8) is 0 Å². The molecule has 3 nitrogen and oxygen atoms in total. The van der Waals surface area contributed by atoms with Crippen molar-refractivity contribution >= 4 is 35.7 Å². The number of aromatic hydroxyl groups is 1. The molecule has 0 amide bonds. The summed E-state index contributed by atoms with van der Waals surface area (Å²) in [5.41, 5.74) is -0.0770. The lowest BCUT2D eigenvalue weighted by Crippen LogP contribution is -1.96. The largest absolute Gasteiger partial charge is 0.506 e. The van der Waals surface area contributed by atoms with Crippen molar-refractivity contribution in [2.75, 3.05) is 0 Å². The lowest BCUT2D eigenvalue weighted by atomic mass is 10.2. The molecule has 14 heavy (non-hydrogen) atoms. The van der Waals surface area contributed by atoms with Crippen molar-refractivity contribution in [1.29, 1.82) is 0 Å². The van der Waals surface area contributed by atoms with E-state index in [9.17, 15) is 17.9 Å². The normalized spacial score (nSPS) is 11.6. The number of hydrogen-bond acceptors (Lipinski definition) is 3. The third-order valence-corrected chi connectivity index (χ3v) is 3.02. The topological polar surface area (TPSA) is 54.4 Å². The monoisotopic (exact) mass is 302 g/mol. The van der Waals surface area contributed by atoms with E-state index in [-0.39, 0.29) is 15.8 Å². The second-order valence-corrected chi connectivity index (χ2v) is 6.21. The van der Waals surface area contributed by atoms with Gasteiger partial charge in [0.2, 0.25) is 9.05 Å². The average molecular weight is 304 g/mol. The summed E-state index contributed by atoms with van der Waals surface area (Å²) < 4.78 is 34.3. The number of rotatable bonds is 2. The van der Waals surface area contributed by atoms with Gasteiger partial charge in [0, 0.05) is 16.2 Å². The van der Waals surface area contributed by atoms with E-state index in [4.69, 9.17) is 10.7 Å². The zero-order valence-electron chi connectivity index (χ0n) is 6.67. The maximum absolute atomic E-state index is 12.8. The van der Waals surface area contributed by atoms with E-state index in [2.05, 4.69) is 15.9 Å². The lowest BCUT2D eigenvalue weighted by molar-refractivity contribution is 0.463. The van der Waals surface area contributed by atoms with Crippen LogP contribution in [0.5, 0.6) is 5.75 Å². The van der Waals surface area contributed by atoms with Crippen LogP contribution in [0, 0.1) is 5.82 Å². The molecular formula is C7H5BrClFO3S. The molecule has 78 valence electrons. The Labute approximate surface area is 93.1 Å². The molecule has 0 heterocycles. The minimum atomic E-state index is -3.81. The third kappa shape index (κ3) is 3.11. The fourth-order valence-corrected chi connectivity index (χ4v) is 2.33. The van der Waals surface area contributed by atoms with E-state index in [1.54, 1.807) is 0 Å². The minimum Gasteiger partial charge on any atom is -0.506 e. The summed E-state index contributed by atoms with van der Waals surface area (Å²) >= 11 is 2.88. The van der Waals surface area contributed by atoms with Crippen LogP contribution in [0.25, 0.3) is 0 Å². The molecule has 0 spiro atoms. The highest BCUT2D eigenvalue weighted by Gasteiger charge is 2.14. The Bertz CT molecular complexity index is 460. The van der Waals surface area contributed by atoms with E-state index < -0.39 is 20.6 Å². The van der Waals surface area contributed by atoms with E-state index in [0.29, 0.717) is 0 Å². The lowest BCUT2D eigenvalue weighted by Gasteiger charge is -2.04. The van der Waals surface area contributed by atoms with Crippen molar-refractivity contribution < 1.29 is 17.9 Å². The fraction of sp³-hybridized carbons (Fsp3) is 0.143. The Morgan fingerprint density at radius 1 is 1.50 bits per heavy atom. The number of phenols is 1. The van der Waals surface area contributed by atoms with Crippen molar-refractivity contribution in [1.82, 2.24) is 0 Å². The Balaban J connectivity index is 3.22. The molecule has 1 aromatic carbocycles. The van der Waals surface area contributed by atoms with Crippen molar-refractivity contribution in [2.24, 2.45) is 0 Å². The number of hydrogen-bond donors (Lipinski definition) is 1. The molecule has 0 radical (unpaired) electrons. The molecule has 0 aromatic heterocycles. The Hall–Kier alpha value is -0.330. The van der Waals surface area contributed by atoms with Gasteiger partial charge < -0.3 is 5.11 Å². The van der Waals surface area contributed by atoms with Crippen LogP contribution >= 0.6 is 26.6 Å². The van der Waals surface area contributed by atoms with E-state index in [0.717, 1.165) is 12.1 Å². The molecule has 0 aliphatic heterocycles. The fourth-order valence-electron chi connectivity index (χ4n) is 0.915. The Morgan fingerprint density at radius 2 is 2.07 bits per heavy atom. The number of phenolic OH excluding ortho intramolecular Hbond substituents is 1. The Kier molecular flexibility index (Phi) is 3.39. The predicted molar refractivity (Wildman–Crippen MR) is 54.2 cm³/mol. The summed E-state index contributed by atoms with van der Waals surface area (Å²) in [6.45, 7) is 0. The van der Waals surface area contributed by atoms with Crippen LogP contribution in [-0.4, -0.2) is 13.5 Å². The first-order valence-corrected chi connectivity index (χ1v) is 6.66. The van der Waals surface area contributed by atoms with E-state index in [1.165, 1.54) is 0 Å². The molecule has 1 N–H and O–H groups in total. The zero-order valence-corrected chi connectivity index (χ0v) is 9.83. The van der Waals surface area contributed by atoms with Crippen LogP contribution in [0.15, 0.2) is 16.6 Å². The van der Waals surface area contributed by atoms with Gasteiger partial charge in [-0.15, -0.1) is 0 Å². The molecule has 1 aromatic rings. The highest BCUT2D eigenvalue weighted by atomic mass is 79.9. The van der Waals surface area contributed by atoms with E-state index in [1.807, 2.05) is 0 Å². The first kappa shape index (κ1) is 11.7. The quantitative estimate of drug-likeness (QED) is 0.853. The zero-order chi connectivity index (χ0) is 10.9. The first-order valence-electron chi connectivity index (χ1n) is 3.39. The van der Waals surface area contributed by atoms with Crippen LogP contribution < -0.4 is 0 Å². The van der Waals surface area contributed by atoms with Gasteiger partial charge in [-0.1, -0.05) is 0 Å². The molecule has 0 saturated carbocycles. The molecule has 0 aliphatic carbocycles. The van der Waals surface area contributed by atoms with Crippen LogP contribution in [0.4, 0.5) is 4.39 Å². The second-order valence-electron chi connectivity index (χ2n) is 2.58. The van der Waals surface area contributed by atoms with E-state index >= 15 is 0 Å². The second kappa shape index (κ2) is 4.04. The molecule has 7 heteroatoms. The van der Waals surface area contributed by atoms with Crippen molar-refractivity contribution in [2.45, 2.75) is 5.75 Å². The van der Waals surface area contributed by atoms with Crippen LogP contribution in [0.1, 0.15) is 5.56 Å². The Morgan fingerprint density at radius 3 is 2.57 bits per heavy atom. The van der Waals surface area contributed by atoms with Gasteiger partial charge in [0.05, 0.1) is 10.2 Å². The van der Waals surface area contributed by atoms with Crippen molar-refractivity contribution in [3.05, 3.63) is 28.0 Å². The molecule has 0 atom stereocenters. The molecule has 0 saturated heterocycles. The maximum atomic E-state index is 12.8. The SMILES string of the molecule is O=S(=O)(Cl)Cc1cc(F)cc(Br)c1O. The van der Waals surface area contributed by atoms with Gasteiger partial charge in [0.15, 0.2) is 0 Å². The standard InChI is InChI=1S/C7H5BrClFO3S/c8-6-2-5(10)1-4(7(6)11)3-14(9,12)13/h1-2,11H,3H2. The van der Waals surface area contributed by atoms with Crippen LogP contribution in [-0.2, 0) is 14.8 Å². The summed E-state index contributed by atoms with van der Waals surface area (Å²) in [4.78, 5) is 0. The van der Waals surface area contributed by atoms with Gasteiger partial charge in [-0.2, -0.15) is 0 Å². The van der Waals surface area contributed by atoms with Crippen molar-refractivity contribution in [3.8, 4) is 5.75 Å². The predicted octanol–water partition coefficient (Wildman–Crippen LogP) is 2.36. The third-order valence-electron chi connectivity index (χ3n) is 1.44. The molecule has 0 aliphatic rings. The summed E-state index contributed by atoms with van der Waals surface area (Å²) in [7, 11) is 1.16. The number of halogens is 3. The molecule has 0 bridgehead atoms. The van der Waals surface area contributed by atoms with Gasteiger partial charge >= 0.3 is 0 Å². The molecular weight excluding hydrogens is 298 g/mol. The summed E-state index contributed by atoms with van der Waals surface area (Å²) in [5.74, 6) is -1.59. The van der Waals surface area contributed by atoms with Crippen LogP contribution in [0.2, 0.25) is 0 Å². The highest BCUT2D eigenvalue weighted by Crippen LogP contribution is 2.30. The van der Waals surface area contributed by atoms with Gasteiger partial charge in [-0.3, -0.25) is 0 Å². The first-order chi connectivity index (χ1) is 6.29. The molecule has 1 rings (SSSR count). The van der Waals surface area contributed by atoms with Gasteiger partial charge in [-0.25, -0.2) is 12.8 Å². The highest BCUT2D eigenvalue weighted by molar-refractivity contribution is 9.10. The van der Waals surface area contributed by atoms with Gasteiger partial charge in [-0.05, 0) is 28.1 Å². The molecule has 0 fully saturated rings. The number of benzene rings is 1. The minimum absolute atomic E-state index is 0.0770. The smallest absolute Gasteiger partial charge is 0.236 e. The van der Waals surface area contributed by atoms with Gasteiger partial charge in [0.25, 0.3) is 0 Å². The summed E-state index contributed by atoms with van der Waals surface area (Å²) in [5, 5.41) is 9.35. The van der Waals surface area contributed by atoms with Gasteiger partial charge in [0.1, 0.15) is 11.6 Å². The summed E-state index contributed by atoms with van der Waals surface area (Å²) in [6.07, 6.45) is 0. The molecule has 0 unspecified atom stereocenters.